The van der Waals surface area contributed by atoms with E-state index in [0.717, 1.165) is 31.5 Å². The van der Waals surface area contributed by atoms with Crippen molar-refractivity contribution in [1.29, 1.82) is 0 Å². The van der Waals surface area contributed by atoms with Crippen LogP contribution in [0.15, 0.2) is 57.8 Å². The van der Waals surface area contributed by atoms with E-state index in [1.54, 1.807) is 29.2 Å². The number of rotatable bonds is 3. The van der Waals surface area contributed by atoms with Crippen molar-refractivity contribution in [3.63, 3.8) is 0 Å². The summed E-state index contributed by atoms with van der Waals surface area (Å²) in [5.74, 6) is 0.177. The molecule has 0 radical (unpaired) electrons. The Hall–Kier alpha value is -3.20. The van der Waals surface area contributed by atoms with Gasteiger partial charge in [-0.05, 0) is 55.7 Å². The number of amides is 2. The highest BCUT2D eigenvalue weighted by molar-refractivity contribution is 7.90. The minimum absolute atomic E-state index is 0.102. The van der Waals surface area contributed by atoms with Gasteiger partial charge in [-0.1, -0.05) is 12.1 Å². The van der Waals surface area contributed by atoms with Crippen LogP contribution < -0.4 is 10.2 Å². The molecule has 3 aliphatic heterocycles. The maximum absolute atomic E-state index is 12.9. The van der Waals surface area contributed by atoms with Crippen LogP contribution in [-0.4, -0.2) is 50.6 Å². The van der Waals surface area contributed by atoms with Crippen molar-refractivity contribution in [2.75, 3.05) is 29.9 Å². The van der Waals surface area contributed by atoms with Gasteiger partial charge in [0.05, 0.1) is 5.92 Å². The minimum Gasteiger partial charge on any atom is -0.355 e. The van der Waals surface area contributed by atoms with Crippen molar-refractivity contribution in [1.82, 2.24) is 4.90 Å². The Morgan fingerprint density at radius 2 is 1.81 bits per heavy atom. The predicted molar refractivity (Wildman–Crippen MR) is 121 cm³/mol. The Morgan fingerprint density at radius 1 is 1.03 bits per heavy atom. The van der Waals surface area contributed by atoms with Gasteiger partial charge in [-0.15, -0.1) is 4.40 Å². The van der Waals surface area contributed by atoms with Crippen molar-refractivity contribution >= 4 is 39.0 Å². The summed E-state index contributed by atoms with van der Waals surface area (Å²) >= 11 is 0. The Labute approximate surface area is 187 Å². The molecule has 9 heteroatoms. The molecule has 0 aliphatic carbocycles. The Morgan fingerprint density at radius 3 is 2.56 bits per heavy atom. The number of anilines is 2. The number of hydrogen-bond donors (Lipinski definition) is 1. The summed E-state index contributed by atoms with van der Waals surface area (Å²) in [7, 11) is -3.69. The van der Waals surface area contributed by atoms with E-state index >= 15 is 0 Å². The van der Waals surface area contributed by atoms with Crippen LogP contribution in [0.5, 0.6) is 0 Å². The molecule has 2 amide bonds. The first kappa shape index (κ1) is 20.7. The van der Waals surface area contributed by atoms with Gasteiger partial charge in [-0.25, -0.2) is 0 Å². The zero-order chi connectivity index (χ0) is 22.3. The summed E-state index contributed by atoms with van der Waals surface area (Å²) in [6.07, 6.45) is 2.94. The van der Waals surface area contributed by atoms with Crippen LogP contribution in [0, 0.1) is 5.92 Å². The number of piperidine rings is 1. The normalized spacial score (nSPS) is 21.9. The summed E-state index contributed by atoms with van der Waals surface area (Å²) in [6, 6.07) is 14.1. The molecule has 3 aliphatic rings. The number of benzene rings is 2. The van der Waals surface area contributed by atoms with Crippen LogP contribution in [-0.2, 0) is 19.6 Å². The summed E-state index contributed by atoms with van der Waals surface area (Å²) in [6.45, 7) is 1.80. The lowest BCUT2D eigenvalue weighted by molar-refractivity contribution is -0.121. The van der Waals surface area contributed by atoms with E-state index < -0.39 is 10.0 Å². The van der Waals surface area contributed by atoms with Gasteiger partial charge in [0.25, 0.3) is 10.0 Å². The molecule has 0 aromatic heterocycles. The number of sulfonamides is 1. The smallest absolute Gasteiger partial charge is 0.285 e. The topological polar surface area (TPSA) is 99.2 Å². The van der Waals surface area contributed by atoms with Gasteiger partial charge in [0.1, 0.15) is 4.90 Å². The molecule has 2 saturated heterocycles. The number of hydrogen-bond acceptors (Lipinski definition) is 5. The fourth-order valence-corrected chi connectivity index (χ4v) is 5.82. The van der Waals surface area contributed by atoms with Crippen LogP contribution in [0.25, 0.3) is 0 Å². The Kier molecular flexibility index (Phi) is 5.21. The standard InChI is InChI=1S/C23H24N4O4S/c28-21-8-4-14-27(21)18-11-9-17(10-12-18)24-23(29)16-5-3-13-26(15-16)22-19-6-1-2-7-20(19)32(30,31)25-22/h1-2,6-7,9-12,16H,3-5,8,13-15H2,(H,24,29). The molecule has 1 atom stereocenters. The van der Waals surface area contributed by atoms with E-state index in [4.69, 9.17) is 0 Å². The average molecular weight is 453 g/mol. The fourth-order valence-electron chi connectivity index (χ4n) is 4.59. The lowest BCUT2D eigenvalue weighted by atomic mass is 9.96. The minimum atomic E-state index is -3.69. The largest absolute Gasteiger partial charge is 0.355 e. The number of likely N-dealkylation sites (tertiary alicyclic amines) is 1. The van der Waals surface area contributed by atoms with Crippen molar-refractivity contribution in [2.45, 2.75) is 30.6 Å². The number of nitrogens with one attached hydrogen (secondary N) is 1. The highest BCUT2D eigenvalue weighted by Gasteiger charge is 2.35. The highest BCUT2D eigenvalue weighted by atomic mass is 32.2. The van der Waals surface area contributed by atoms with E-state index in [1.165, 1.54) is 0 Å². The lowest BCUT2D eigenvalue weighted by Crippen LogP contribution is -2.43. The predicted octanol–water partition coefficient (Wildman–Crippen LogP) is 2.61. The summed E-state index contributed by atoms with van der Waals surface area (Å²) < 4.78 is 28.8. The molecule has 2 aromatic carbocycles. The molecule has 3 heterocycles. The van der Waals surface area contributed by atoms with Gasteiger partial charge in [-0.3, -0.25) is 9.59 Å². The fraction of sp³-hybridized carbons (Fsp3) is 0.348. The zero-order valence-corrected chi connectivity index (χ0v) is 18.3. The molecule has 8 nitrogen and oxygen atoms in total. The molecule has 2 aromatic rings. The molecular formula is C23H24N4O4S. The van der Waals surface area contributed by atoms with E-state index in [0.29, 0.717) is 36.6 Å². The van der Waals surface area contributed by atoms with E-state index in [-0.39, 0.29) is 22.6 Å². The molecule has 0 saturated carbocycles. The molecular weight excluding hydrogens is 428 g/mol. The van der Waals surface area contributed by atoms with Gasteiger partial charge in [0, 0.05) is 43.0 Å². The first-order valence-electron chi connectivity index (χ1n) is 10.8. The van der Waals surface area contributed by atoms with Crippen molar-refractivity contribution in [3.05, 3.63) is 54.1 Å². The zero-order valence-electron chi connectivity index (χ0n) is 17.5. The molecule has 32 heavy (non-hydrogen) atoms. The monoisotopic (exact) mass is 452 g/mol. The van der Waals surface area contributed by atoms with E-state index in [2.05, 4.69) is 9.71 Å². The van der Waals surface area contributed by atoms with Gasteiger partial charge in [0.15, 0.2) is 5.84 Å². The third kappa shape index (κ3) is 3.77. The molecule has 0 spiro atoms. The summed E-state index contributed by atoms with van der Waals surface area (Å²) in [5.41, 5.74) is 2.11. The Bertz CT molecular complexity index is 1210. The van der Waals surface area contributed by atoms with Crippen LogP contribution in [0.2, 0.25) is 0 Å². The highest BCUT2D eigenvalue weighted by Crippen LogP contribution is 2.30. The SMILES string of the molecule is O=C(Nc1ccc(N2CCCC2=O)cc1)C1CCCN(C2=NS(=O)(=O)c3ccccc32)C1. The maximum Gasteiger partial charge on any atom is 0.285 e. The quantitative estimate of drug-likeness (QED) is 0.772. The number of amidine groups is 1. The number of nitrogens with zero attached hydrogens (tertiary/aromatic N) is 3. The van der Waals surface area contributed by atoms with Crippen molar-refractivity contribution < 1.29 is 18.0 Å². The summed E-state index contributed by atoms with van der Waals surface area (Å²) in [4.78, 5) is 28.7. The van der Waals surface area contributed by atoms with Crippen LogP contribution in [0.3, 0.4) is 0 Å². The average Bonchev–Trinajstić information content (AvgIpc) is 3.35. The molecule has 2 fully saturated rings. The number of fused-ring (bicyclic) bond motifs is 1. The summed E-state index contributed by atoms with van der Waals surface area (Å²) in [5, 5.41) is 2.96. The lowest BCUT2D eigenvalue weighted by Gasteiger charge is -2.33. The van der Waals surface area contributed by atoms with Crippen LogP contribution in [0.4, 0.5) is 11.4 Å². The van der Waals surface area contributed by atoms with Gasteiger partial charge in [-0.2, -0.15) is 8.42 Å². The first-order valence-corrected chi connectivity index (χ1v) is 12.3. The molecule has 0 bridgehead atoms. The van der Waals surface area contributed by atoms with Gasteiger partial charge >= 0.3 is 0 Å². The van der Waals surface area contributed by atoms with Crippen LogP contribution in [0.1, 0.15) is 31.2 Å². The number of carbonyl (C=O) groups excluding carboxylic acids is 2. The van der Waals surface area contributed by atoms with E-state index in [9.17, 15) is 18.0 Å². The second kappa shape index (κ2) is 8.05. The third-order valence-corrected chi connectivity index (χ3v) is 7.55. The molecule has 5 rings (SSSR count). The molecule has 166 valence electrons. The van der Waals surface area contributed by atoms with Crippen LogP contribution >= 0.6 is 0 Å². The second-order valence-corrected chi connectivity index (χ2v) is 9.93. The number of carbonyl (C=O) groups is 2. The molecule has 1 N–H and O–H groups in total. The van der Waals surface area contributed by atoms with Gasteiger partial charge in [0.2, 0.25) is 11.8 Å². The molecule has 1 unspecified atom stereocenters. The van der Waals surface area contributed by atoms with E-state index in [1.807, 2.05) is 29.2 Å². The third-order valence-electron chi connectivity index (χ3n) is 6.22. The Balaban J connectivity index is 1.27. The maximum atomic E-state index is 12.9. The van der Waals surface area contributed by atoms with Crippen molar-refractivity contribution in [2.24, 2.45) is 10.3 Å². The first-order chi connectivity index (χ1) is 15.4. The van der Waals surface area contributed by atoms with Crippen molar-refractivity contribution in [3.8, 4) is 0 Å². The second-order valence-electron chi connectivity index (χ2n) is 8.36. The van der Waals surface area contributed by atoms with Gasteiger partial charge < -0.3 is 15.1 Å².